The third-order valence-corrected chi connectivity index (χ3v) is 4.04. The van der Waals surface area contributed by atoms with E-state index in [0.717, 1.165) is 19.4 Å². The minimum Gasteiger partial charge on any atom is -0.390 e. The van der Waals surface area contributed by atoms with Crippen LogP contribution in [0.2, 0.25) is 0 Å². The van der Waals surface area contributed by atoms with E-state index in [0.29, 0.717) is 11.7 Å². The monoisotopic (exact) mass is 317 g/mol. The van der Waals surface area contributed by atoms with E-state index in [2.05, 4.69) is 46.2 Å². The molecule has 0 saturated carbocycles. The third-order valence-electron chi connectivity index (χ3n) is 4.04. The molecule has 5 nitrogen and oxygen atoms in total. The van der Waals surface area contributed by atoms with Crippen molar-refractivity contribution in [2.24, 2.45) is 0 Å². The molecule has 1 aromatic carbocycles. The van der Waals surface area contributed by atoms with Crippen LogP contribution >= 0.6 is 0 Å². The Morgan fingerprint density at radius 2 is 1.83 bits per heavy atom. The fraction of sp³-hybridized carbons (Fsp3) is 0.556. The summed E-state index contributed by atoms with van der Waals surface area (Å²) in [7, 11) is 2.05. The lowest BCUT2D eigenvalue weighted by Crippen LogP contribution is -2.22. The first kappa shape index (κ1) is 17.6. The Morgan fingerprint density at radius 1 is 1.22 bits per heavy atom. The Kier molecular flexibility index (Phi) is 5.55. The van der Waals surface area contributed by atoms with Crippen LogP contribution in [0, 0.1) is 6.92 Å². The van der Waals surface area contributed by atoms with E-state index in [9.17, 15) is 5.11 Å². The van der Waals surface area contributed by atoms with Crippen molar-refractivity contribution in [3.05, 3.63) is 47.1 Å². The molecule has 0 radical (unpaired) electrons. The van der Waals surface area contributed by atoms with Crippen molar-refractivity contribution in [1.82, 2.24) is 15.0 Å². The van der Waals surface area contributed by atoms with Crippen molar-refractivity contribution in [3.63, 3.8) is 0 Å². The van der Waals surface area contributed by atoms with Gasteiger partial charge in [-0.1, -0.05) is 29.4 Å². The molecule has 0 aliphatic heterocycles. The van der Waals surface area contributed by atoms with E-state index in [4.69, 9.17) is 4.52 Å². The second-order valence-corrected chi connectivity index (χ2v) is 6.90. The Hall–Kier alpha value is -1.72. The summed E-state index contributed by atoms with van der Waals surface area (Å²) < 4.78 is 5.24. The molecule has 0 unspecified atom stereocenters. The SMILES string of the molecule is Cc1noc([C@H](C)N(C)Cc2ccc(CCC(C)(C)O)cc2)n1. The molecular formula is C18H27N3O2. The van der Waals surface area contributed by atoms with Gasteiger partial charge in [-0.05, 0) is 58.7 Å². The highest BCUT2D eigenvalue weighted by Crippen LogP contribution is 2.20. The second-order valence-electron chi connectivity index (χ2n) is 6.90. The fourth-order valence-electron chi connectivity index (χ4n) is 2.36. The average molecular weight is 317 g/mol. The van der Waals surface area contributed by atoms with Gasteiger partial charge in [-0.15, -0.1) is 0 Å². The van der Waals surface area contributed by atoms with Crippen LogP contribution in [0.15, 0.2) is 28.8 Å². The Bertz CT molecular complexity index is 614. The van der Waals surface area contributed by atoms with E-state index < -0.39 is 5.60 Å². The molecule has 0 aliphatic rings. The molecule has 2 rings (SSSR count). The van der Waals surface area contributed by atoms with Crippen LogP contribution in [0.25, 0.3) is 0 Å². The zero-order valence-corrected chi connectivity index (χ0v) is 14.7. The molecule has 0 bridgehead atoms. The maximum atomic E-state index is 9.80. The summed E-state index contributed by atoms with van der Waals surface area (Å²) in [6.45, 7) is 8.39. The van der Waals surface area contributed by atoms with E-state index in [1.165, 1.54) is 11.1 Å². The highest BCUT2D eigenvalue weighted by atomic mass is 16.5. The summed E-state index contributed by atoms with van der Waals surface area (Å²) in [5.41, 5.74) is 1.87. The van der Waals surface area contributed by atoms with Gasteiger partial charge < -0.3 is 9.63 Å². The fourth-order valence-corrected chi connectivity index (χ4v) is 2.36. The number of nitrogens with zero attached hydrogens (tertiary/aromatic N) is 3. The van der Waals surface area contributed by atoms with E-state index in [-0.39, 0.29) is 6.04 Å². The minimum absolute atomic E-state index is 0.0751. The summed E-state index contributed by atoms with van der Waals surface area (Å²) in [6.07, 6.45) is 1.65. The van der Waals surface area contributed by atoms with Crippen LogP contribution in [0.1, 0.15) is 56.1 Å². The Balaban J connectivity index is 1.92. The maximum absolute atomic E-state index is 9.80. The zero-order chi connectivity index (χ0) is 17.0. The third kappa shape index (κ3) is 5.44. The van der Waals surface area contributed by atoms with Gasteiger partial charge in [0.1, 0.15) is 0 Å². The molecule has 23 heavy (non-hydrogen) atoms. The van der Waals surface area contributed by atoms with Gasteiger partial charge in [0.2, 0.25) is 5.89 Å². The molecule has 0 aliphatic carbocycles. The first-order valence-electron chi connectivity index (χ1n) is 8.05. The largest absolute Gasteiger partial charge is 0.390 e. The Labute approximate surface area is 138 Å². The molecule has 1 N–H and O–H groups in total. The second kappa shape index (κ2) is 7.23. The van der Waals surface area contributed by atoms with Crippen molar-refractivity contribution in [2.75, 3.05) is 7.05 Å². The van der Waals surface area contributed by atoms with Crippen LogP contribution < -0.4 is 0 Å². The number of aliphatic hydroxyl groups is 1. The van der Waals surface area contributed by atoms with Crippen LogP contribution in [0.3, 0.4) is 0 Å². The molecular weight excluding hydrogens is 290 g/mol. The maximum Gasteiger partial charge on any atom is 0.243 e. The number of hydrogen-bond acceptors (Lipinski definition) is 5. The normalized spacial score (nSPS) is 13.5. The quantitative estimate of drug-likeness (QED) is 0.849. The standard InChI is InChI=1S/C18H27N3O2/c1-13(17-19-14(2)20-23-17)21(5)12-16-8-6-15(7-9-16)10-11-18(3,4)22/h6-9,13,22H,10-12H2,1-5H3/t13-/m0/s1. The lowest BCUT2D eigenvalue weighted by atomic mass is 9.98. The predicted molar refractivity (Wildman–Crippen MR) is 90.0 cm³/mol. The van der Waals surface area contributed by atoms with Gasteiger partial charge >= 0.3 is 0 Å². The summed E-state index contributed by atoms with van der Waals surface area (Å²) in [6, 6.07) is 8.63. The number of aryl methyl sites for hydroxylation is 2. The highest BCUT2D eigenvalue weighted by molar-refractivity contribution is 5.23. The lowest BCUT2D eigenvalue weighted by Gasteiger charge is -2.22. The molecule has 0 saturated heterocycles. The molecule has 1 atom stereocenters. The number of rotatable bonds is 7. The van der Waals surface area contributed by atoms with Gasteiger partial charge in [-0.2, -0.15) is 4.98 Å². The van der Waals surface area contributed by atoms with Gasteiger partial charge in [0.15, 0.2) is 5.82 Å². The summed E-state index contributed by atoms with van der Waals surface area (Å²) >= 11 is 0. The first-order chi connectivity index (χ1) is 10.7. The minimum atomic E-state index is -0.615. The van der Waals surface area contributed by atoms with Crippen molar-refractivity contribution in [1.29, 1.82) is 0 Å². The van der Waals surface area contributed by atoms with Crippen LogP contribution in [-0.4, -0.2) is 32.8 Å². The molecule has 1 aromatic heterocycles. The number of benzene rings is 1. The highest BCUT2D eigenvalue weighted by Gasteiger charge is 2.18. The molecule has 126 valence electrons. The van der Waals surface area contributed by atoms with Crippen LogP contribution in [0.4, 0.5) is 0 Å². The van der Waals surface area contributed by atoms with Crippen molar-refractivity contribution in [2.45, 2.75) is 58.7 Å². The van der Waals surface area contributed by atoms with E-state index in [1.807, 2.05) is 27.8 Å². The number of aromatic nitrogens is 2. The molecule has 0 fully saturated rings. The van der Waals surface area contributed by atoms with E-state index in [1.54, 1.807) is 0 Å². The first-order valence-corrected chi connectivity index (χ1v) is 8.05. The van der Waals surface area contributed by atoms with Gasteiger partial charge in [-0.3, -0.25) is 4.90 Å². The van der Waals surface area contributed by atoms with Gasteiger partial charge in [0, 0.05) is 6.54 Å². The molecule has 5 heteroatoms. The van der Waals surface area contributed by atoms with Gasteiger partial charge in [-0.25, -0.2) is 0 Å². The zero-order valence-electron chi connectivity index (χ0n) is 14.7. The van der Waals surface area contributed by atoms with Gasteiger partial charge in [0.05, 0.1) is 11.6 Å². The average Bonchev–Trinajstić information content (AvgIpc) is 2.91. The van der Waals surface area contributed by atoms with Gasteiger partial charge in [0.25, 0.3) is 0 Å². The molecule has 1 heterocycles. The Morgan fingerprint density at radius 3 is 2.35 bits per heavy atom. The summed E-state index contributed by atoms with van der Waals surface area (Å²) in [5, 5.41) is 13.6. The summed E-state index contributed by atoms with van der Waals surface area (Å²) in [4.78, 5) is 6.47. The van der Waals surface area contributed by atoms with Crippen molar-refractivity contribution >= 4 is 0 Å². The van der Waals surface area contributed by atoms with Crippen molar-refractivity contribution in [3.8, 4) is 0 Å². The topological polar surface area (TPSA) is 62.4 Å². The smallest absolute Gasteiger partial charge is 0.243 e. The van der Waals surface area contributed by atoms with E-state index >= 15 is 0 Å². The van der Waals surface area contributed by atoms with Crippen LogP contribution in [-0.2, 0) is 13.0 Å². The summed E-state index contributed by atoms with van der Waals surface area (Å²) in [5.74, 6) is 1.31. The number of hydrogen-bond donors (Lipinski definition) is 1. The molecule has 0 spiro atoms. The molecule has 0 amide bonds. The van der Waals surface area contributed by atoms with Crippen LogP contribution in [0.5, 0.6) is 0 Å². The molecule has 2 aromatic rings. The predicted octanol–water partition coefficient (Wildman–Crippen LogP) is 3.27. The van der Waals surface area contributed by atoms with Crippen molar-refractivity contribution < 1.29 is 9.63 Å². The lowest BCUT2D eigenvalue weighted by molar-refractivity contribution is 0.0714.